The van der Waals surface area contributed by atoms with Crippen LogP contribution in [0.1, 0.15) is 70.6 Å². The van der Waals surface area contributed by atoms with Gasteiger partial charge in [-0.3, -0.25) is 4.84 Å². The van der Waals surface area contributed by atoms with Crippen molar-refractivity contribution in [2.75, 3.05) is 29.9 Å². The van der Waals surface area contributed by atoms with Crippen LogP contribution in [0.5, 0.6) is 0 Å². The van der Waals surface area contributed by atoms with Crippen molar-refractivity contribution in [1.29, 1.82) is 0 Å². The predicted octanol–water partition coefficient (Wildman–Crippen LogP) is 1.96. The third kappa shape index (κ3) is 10.0. The van der Waals surface area contributed by atoms with Gasteiger partial charge >= 0.3 is 12.1 Å². The van der Waals surface area contributed by atoms with E-state index in [1.807, 2.05) is 0 Å². The number of nitrogens with one attached hydrogen (secondary N) is 1. The van der Waals surface area contributed by atoms with Crippen LogP contribution >= 0.6 is 0 Å². The highest BCUT2D eigenvalue weighted by atomic mass is 19.4. The number of nitrogens with zero attached hydrogens (tertiary/aromatic N) is 6. The molecule has 2 aliphatic rings. The number of unbranched alkanes of at least 4 members (excludes halogenated alkanes) is 5. The number of carboxylic acid groups (broad SMARTS) is 1. The zero-order valence-electron chi connectivity index (χ0n) is 21.1. The van der Waals surface area contributed by atoms with Gasteiger partial charge in [0.15, 0.2) is 5.66 Å². The minimum atomic E-state index is -5.08. The standard InChI is InChI=1S/C19H35N11O.C2HF3O2/c20-14-25-15(21)28-18(27-14)24-12-8-3-1-2-4-9-13-31-30-17(23)26-16(22)29-19(30)10-6-5-7-11-19;3-2(4,5)1(6)7/h1-13H2,(H4,22,23,26,29)(H5,20,21,24,25,27,28);(H,6,7). The van der Waals surface area contributed by atoms with Crippen LogP contribution in [-0.2, 0) is 9.63 Å². The quantitative estimate of drug-likeness (QED) is 0.218. The third-order valence-electron chi connectivity index (χ3n) is 5.78. The zero-order chi connectivity index (χ0) is 28.2. The summed E-state index contributed by atoms with van der Waals surface area (Å²) in [6.45, 7) is 1.36. The Bertz CT molecular complexity index is 949. The topological polar surface area (TPSA) is 229 Å². The molecule has 0 unspecified atom stereocenters. The highest BCUT2D eigenvalue weighted by Crippen LogP contribution is 2.36. The van der Waals surface area contributed by atoms with Crippen LogP contribution in [0.2, 0.25) is 0 Å². The van der Waals surface area contributed by atoms with Crippen LogP contribution in [-0.4, -0.2) is 68.0 Å². The lowest BCUT2D eigenvalue weighted by Gasteiger charge is -2.44. The fourth-order valence-corrected chi connectivity index (χ4v) is 4.06. The van der Waals surface area contributed by atoms with Crippen molar-refractivity contribution in [2.45, 2.75) is 82.5 Å². The van der Waals surface area contributed by atoms with Gasteiger partial charge in [-0.05, 0) is 38.5 Å². The average Bonchev–Trinajstić information content (AvgIpc) is 2.81. The van der Waals surface area contributed by atoms with Crippen molar-refractivity contribution in [3.63, 3.8) is 0 Å². The molecule has 1 aromatic heterocycles. The molecule has 1 spiro atoms. The zero-order valence-corrected chi connectivity index (χ0v) is 21.1. The van der Waals surface area contributed by atoms with Gasteiger partial charge in [0.1, 0.15) is 0 Å². The number of rotatable bonds is 11. The molecule has 0 saturated heterocycles. The van der Waals surface area contributed by atoms with E-state index in [0.29, 0.717) is 18.5 Å². The average molecular weight is 548 g/mol. The molecule has 0 amide bonds. The second kappa shape index (κ2) is 14.3. The molecule has 0 aromatic carbocycles. The third-order valence-corrected chi connectivity index (χ3v) is 5.78. The first-order valence-corrected chi connectivity index (χ1v) is 12.4. The normalized spacial score (nSPS) is 16.8. The first kappa shape index (κ1) is 30.6. The number of guanidine groups is 2. The van der Waals surface area contributed by atoms with Gasteiger partial charge in [0.2, 0.25) is 29.8 Å². The Kier molecular flexibility index (Phi) is 11.5. The van der Waals surface area contributed by atoms with Crippen LogP contribution in [0.3, 0.4) is 0 Å². The number of nitrogen functional groups attached to an aromatic ring is 2. The van der Waals surface area contributed by atoms with Crippen LogP contribution in [0.4, 0.5) is 31.0 Å². The highest BCUT2D eigenvalue weighted by molar-refractivity contribution is 5.95. The van der Waals surface area contributed by atoms with Crippen molar-refractivity contribution >= 4 is 35.7 Å². The summed E-state index contributed by atoms with van der Waals surface area (Å²) in [4.78, 5) is 35.3. The van der Waals surface area contributed by atoms with Crippen molar-refractivity contribution in [3.8, 4) is 0 Å². The van der Waals surface area contributed by atoms with Gasteiger partial charge in [-0.2, -0.15) is 38.2 Å². The molecule has 0 atom stereocenters. The number of anilines is 3. The van der Waals surface area contributed by atoms with E-state index < -0.39 is 17.8 Å². The summed E-state index contributed by atoms with van der Waals surface area (Å²) in [6, 6.07) is 0. The fraction of sp³-hybridized carbons (Fsp3) is 0.714. The first-order valence-electron chi connectivity index (χ1n) is 12.4. The Hall–Kier alpha value is -3.63. The number of hydrogen-bond acceptors (Lipinski definition) is 13. The Labute approximate surface area is 218 Å². The molecule has 0 bridgehead atoms. The van der Waals surface area contributed by atoms with Crippen LogP contribution in [0, 0.1) is 0 Å². The fourth-order valence-electron chi connectivity index (χ4n) is 4.06. The van der Waals surface area contributed by atoms with E-state index in [1.54, 1.807) is 5.06 Å². The van der Waals surface area contributed by atoms with Crippen molar-refractivity contribution < 1.29 is 27.9 Å². The van der Waals surface area contributed by atoms with E-state index in [4.69, 9.17) is 37.7 Å². The van der Waals surface area contributed by atoms with Crippen LogP contribution in [0.15, 0.2) is 9.98 Å². The van der Waals surface area contributed by atoms with E-state index in [-0.39, 0.29) is 17.9 Å². The maximum absolute atomic E-state index is 10.6. The molecule has 214 valence electrons. The molecule has 1 aliphatic heterocycles. The molecule has 38 heavy (non-hydrogen) atoms. The number of nitrogens with two attached hydrogens (primary N) is 4. The van der Waals surface area contributed by atoms with Crippen molar-refractivity contribution in [2.24, 2.45) is 21.5 Å². The molecule has 14 nitrogen and oxygen atoms in total. The summed E-state index contributed by atoms with van der Waals surface area (Å²) in [7, 11) is 0. The first-order chi connectivity index (χ1) is 17.9. The van der Waals surface area contributed by atoms with Crippen molar-refractivity contribution in [3.05, 3.63) is 0 Å². The van der Waals surface area contributed by atoms with E-state index in [1.165, 1.54) is 6.42 Å². The number of hydroxylamine groups is 2. The molecular formula is C21H36F3N11O3. The Morgan fingerprint density at radius 2 is 1.50 bits per heavy atom. The van der Waals surface area contributed by atoms with Crippen LogP contribution in [0.25, 0.3) is 0 Å². The summed E-state index contributed by atoms with van der Waals surface area (Å²) in [5.74, 6) is -1.53. The lowest BCUT2D eigenvalue weighted by Crippen LogP contribution is -2.57. The van der Waals surface area contributed by atoms with E-state index >= 15 is 0 Å². The van der Waals surface area contributed by atoms with E-state index in [9.17, 15) is 13.2 Å². The smallest absolute Gasteiger partial charge is 0.475 e. The highest BCUT2D eigenvalue weighted by Gasteiger charge is 2.43. The molecule has 10 N–H and O–H groups in total. The molecular weight excluding hydrogens is 511 g/mol. The molecule has 1 fully saturated rings. The second-order valence-electron chi connectivity index (χ2n) is 8.84. The summed E-state index contributed by atoms with van der Waals surface area (Å²) >= 11 is 0. The molecule has 1 saturated carbocycles. The van der Waals surface area contributed by atoms with E-state index in [0.717, 1.165) is 70.8 Å². The van der Waals surface area contributed by atoms with Gasteiger partial charge in [0.25, 0.3) is 0 Å². The number of halogens is 3. The number of carbonyl (C=O) groups is 1. The maximum atomic E-state index is 10.6. The molecule has 1 aliphatic carbocycles. The maximum Gasteiger partial charge on any atom is 0.490 e. The minimum Gasteiger partial charge on any atom is -0.475 e. The lowest BCUT2D eigenvalue weighted by atomic mass is 9.89. The number of aliphatic imine (C=N–C) groups is 2. The van der Waals surface area contributed by atoms with Crippen LogP contribution < -0.4 is 28.3 Å². The molecule has 17 heteroatoms. The summed E-state index contributed by atoms with van der Waals surface area (Å²) in [5, 5.41) is 11.9. The minimum absolute atomic E-state index is 0.125. The van der Waals surface area contributed by atoms with Gasteiger partial charge in [0, 0.05) is 6.54 Å². The number of aliphatic carboxylic acids is 1. The molecule has 3 rings (SSSR count). The number of hydrogen-bond donors (Lipinski definition) is 6. The SMILES string of the molecule is NC1=NC2(CCCCC2)N(OCCCCCCCCNc2nc(N)nc(N)n2)C(N)=N1.O=C(O)C(F)(F)F. The molecule has 0 radical (unpaired) electrons. The monoisotopic (exact) mass is 547 g/mol. The predicted molar refractivity (Wildman–Crippen MR) is 135 cm³/mol. The van der Waals surface area contributed by atoms with Gasteiger partial charge in [-0.1, -0.05) is 32.1 Å². The van der Waals surface area contributed by atoms with E-state index in [2.05, 4.69) is 30.3 Å². The van der Waals surface area contributed by atoms with Gasteiger partial charge in [-0.25, -0.2) is 9.79 Å². The van der Waals surface area contributed by atoms with Gasteiger partial charge in [0.05, 0.1) is 6.61 Å². The number of alkyl halides is 3. The summed E-state index contributed by atoms with van der Waals surface area (Å²) in [6.07, 6.45) is 6.57. The number of aromatic nitrogens is 3. The summed E-state index contributed by atoms with van der Waals surface area (Å²) < 4.78 is 31.7. The largest absolute Gasteiger partial charge is 0.490 e. The van der Waals surface area contributed by atoms with Gasteiger partial charge in [-0.15, -0.1) is 0 Å². The Balaban J connectivity index is 0.000000638. The number of carboxylic acids is 1. The van der Waals surface area contributed by atoms with Crippen molar-refractivity contribution in [1.82, 2.24) is 20.0 Å². The molecule has 2 heterocycles. The molecule has 1 aromatic rings. The Morgan fingerprint density at radius 3 is 2.08 bits per heavy atom. The Morgan fingerprint density at radius 1 is 0.947 bits per heavy atom. The lowest BCUT2D eigenvalue weighted by molar-refractivity contribution is -0.192. The van der Waals surface area contributed by atoms with Gasteiger partial charge < -0.3 is 33.4 Å². The summed E-state index contributed by atoms with van der Waals surface area (Å²) in [5.41, 5.74) is 22.6. The second-order valence-corrected chi connectivity index (χ2v) is 8.84.